The fraction of sp³-hybridized carbons (Fsp3) is 0.0400. The minimum absolute atomic E-state index is 0.320. The molecule has 3 aromatic carbocycles. The van der Waals surface area contributed by atoms with E-state index in [0.717, 1.165) is 33.8 Å². The summed E-state index contributed by atoms with van der Waals surface area (Å²) in [6.45, 7) is 0.697. The van der Waals surface area contributed by atoms with Crippen LogP contribution in [0.2, 0.25) is 0 Å². The van der Waals surface area contributed by atoms with Crippen molar-refractivity contribution in [3.05, 3.63) is 103 Å². The Balaban J connectivity index is 1.40. The van der Waals surface area contributed by atoms with Crippen LogP contribution < -0.4 is 5.73 Å². The lowest BCUT2D eigenvalue weighted by Crippen LogP contribution is -2.01. The number of imidazole rings is 1. The number of aromatic nitrogens is 3. The van der Waals surface area contributed by atoms with Crippen LogP contribution in [-0.2, 0) is 6.54 Å². The molecule has 0 fully saturated rings. The quantitative estimate of drug-likeness (QED) is 0.410. The number of nitrogens with zero attached hydrogens (tertiary/aromatic N) is 3. The van der Waals surface area contributed by atoms with E-state index in [0.29, 0.717) is 17.9 Å². The Bertz CT molecular complexity index is 1290. The Morgan fingerprint density at radius 2 is 1.47 bits per heavy atom. The fourth-order valence-corrected chi connectivity index (χ4v) is 3.57. The molecule has 0 saturated carbocycles. The molecule has 5 rings (SSSR count). The van der Waals surface area contributed by atoms with Crippen LogP contribution in [0.4, 0.5) is 10.1 Å². The second-order valence-corrected chi connectivity index (χ2v) is 7.20. The molecule has 0 spiro atoms. The molecule has 0 saturated heterocycles. The van der Waals surface area contributed by atoms with Crippen molar-refractivity contribution in [2.45, 2.75) is 6.54 Å². The van der Waals surface area contributed by atoms with Crippen LogP contribution in [0.15, 0.2) is 91.3 Å². The molecule has 0 bridgehead atoms. The number of halogens is 1. The van der Waals surface area contributed by atoms with E-state index in [1.165, 1.54) is 6.07 Å². The van der Waals surface area contributed by atoms with Gasteiger partial charge in [0.1, 0.15) is 11.5 Å². The summed E-state index contributed by atoms with van der Waals surface area (Å²) in [7, 11) is 0. The molecule has 0 radical (unpaired) electrons. The number of nitrogens with two attached hydrogens (primary N) is 1. The maximum absolute atomic E-state index is 14.1. The second kappa shape index (κ2) is 7.44. The predicted molar refractivity (Wildman–Crippen MR) is 117 cm³/mol. The van der Waals surface area contributed by atoms with Gasteiger partial charge in [0, 0.05) is 30.2 Å². The van der Waals surface area contributed by atoms with E-state index in [9.17, 15) is 4.39 Å². The topological polar surface area (TPSA) is 56.7 Å². The minimum Gasteiger partial charge on any atom is -0.398 e. The third-order valence-electron chi connectivity index (χ3n) is 5.13. The highest BCUT2D eigenvalue weighted by atomic mass is 19.1. The highest BCUT2D eigenvalue weighted by molar-refractivity contribution is 5.76. The molecular weight excluding hydrogens is 375 g/mol. The van der Waals surface area contributed by atoms with Crippen LogP contribution in [-0.4, -0.2) is 14.5 Å². The van der Waals surface area contributed by atoms with Crippen molar-refractivity contribution in [3.8, 4) is 33.9 Å². The Morgan fingerprint density at radius 3 is 2.23 bits per heavy atom. The summed E-state index contributed by atoms with van der Waals surface area (Å²) in [4.78, 5) is 8.99. The molecule has 3 aromatic rings. The van der Waals surface area contributed by atoms with Crippen LogP contribution in [0.3, 0.4) is 0 Å². The molecule has 2 heterocycles. The monoisotopic (exact) mass is 394 g/mol. The van der Waals surface area contributed by atoms with Crippen LogP contribution in [0.1, 0.15) is 5.56 Å². The number of para-hydroxylation sites is 1. The standard InChI is InChI=1S/C25H19FN4/c26-21-7-3-1-6-20(21)25-28-23-13-14-30(16-24(23)29-25)15-17-9-11-18(12-10-17)19-5-2-4-8-22(19)27/h1-14,16H,15,27H2. The largest absolute Gasteiger partial charge is 0.398 e. The Hall–Kier alpha value is -3.99. The molecule has 0 aliphatic carbocycles. The molecule has 0 aromatic heterocycles. The van der Waals surface area contributed by atoms with Gasteiger partial charge in [0.15, 0.2) is 5.82 Å². The van der Waals surface area contributed by atoms with Crippen LogP contribution in [0.25, 0.3) is 33.9 Å². The maximum Gasteiger partial charge on any atom is 0.163 e. The van der Waals surface area contributed by atoms with E-state index >= 15 is 0 Å². The summed E-state index contributed by atoms with van der Waals surface area (Å²) in [6.07, 6.45) is 3.90. The number of anilines is 1. The van der Waals surface area contributed by atoms with Gasteiger partial charge in [-0.15, -0.1) is 0 Å². The zero-order chi connectivity index (χ0) is 20.5. The normalized spacial score (nSPS) is 11.1. The van der Waals surface area contributed by atoms with Gasteiger partial charge in [0.25, 0.3) is 0 Å². The van der Waals surface area contributed by atoms with Gasteiger partial charge in [-0.25, -0.2) is 14.4 Å². The first-order valence-corrected chi connectivity index (χ1v) is 9.70. The fourth-order valence-electron chi connectivity index (χ4n) is 3.57. The number of rotatable bonds is 4. The highest BCUT2D eigenvalue weighted by Gasteiger charge is 2.15. The van der Waals surface area contributed by atoms with Crippen LogP contribution >= 0.6 is 0 Å². The predicted octanol–water partition coefficient (Wildman–Crippen LogP) is 5.49. The zero-order valence-corrected chi connectivity index (χ0v) is 16.2. The summed E-state index contributed by atoms with van der Waals surface area (Å²) in [5.41, 5.74) is 12.0. The summed E-state index contributed by atoms with van der Waals surface area (Å²) in [6, 6.07) is 24.7. The first kappa shape index (κ1) is 18.1. The molecule has 30 heavy (non-hydrogen) atoms. The van der Waals surface area contributed by atoms with Crippen molar-refractivity contribution in [3.63, 3.8) is 0 Å². The van der Waals surface area contributed by atoms with Gasteiger partial charge in [0.2, 0.25) is 0 Å². The molecule has 0 atom stereocenters. The van der Waals surface area contributed by atoms with Crippen molar-refractivity contribution < 1.29 is 4.39 Å². The summed E-state index contributed by atoms with van der Waals surface area (Å²) in [5, 5.41) is 0. The number of pyridine rings is 1. The molecule has 2 aliphatic heterocycles. The summed E-state index contributed by atoms with van der Waals surface area (Å²) < 4.78 is 16.1. The zero-order valence-electron chi connectivity index (χ0n) is 16.2. The van der Waals surface area contributed by atoms with Gasteiger partial charge in [-0.3, -0.25) is 0 Å². The van der Waals surface area contributed by atoms with E-state index in [-0.39, 0.29) is 5.82 Å². The van der Waals surface area contributed by atoms with Gasteiger partial charge >= 0.3 is 0 Å². The molecule has 2 aliphatic rings. The Labute approximate surface area is 173 Å². The van der Waals surface area contributed by atoms with E-state index in [1.54, 1.807) is 18.2 Å². The maximum atomic E-state index is 14.1. The van der Waals surface area contributed by atoms with E-state index in [4.69, 9.17) is 5.73 Å². The highest BCUT2D eigenvalue weighted by Crippen LogP contribution is 2.27. The van der Waals surface area contributed by atoms with Crippen molar-refractivity contribution in [1.29, 1.82) is 0 Å². The SMILES string of the molecule is Nc1ccccc1-c1ccc(Cn2ccc3nc(-c4ccccc4F)nc-3c2)cc1. The minimum atomic E-state index is -0.320. The Kier molecular flexibility index (Phi) is 4.48. The van der Waals surface area contributed by atoms with Gasteiger partial charge in [0.05, 0.1) is 11.3 Å². The third-order valence-corrected chi connectivity index (χ3v) is 5.13. The molecule has 146 valence electrons. The van der Waals surface area contributed by atoms with Crippen molar-refractivity contribution in [2.24, 2.45) is 0 Å². The number of benzene rings is 3. The first-order valence-electron chi connectivity index (χ1n) is 9.70. The lowest BCUT2D eigenvalue weighted by Gasteiger charge is -2.10. The molecule has 2 N–H and O–H groups in total. The van der Waals surface area contributed by atoms with Crippen molar-refractivity contribution in [2.75, 3.05) is 5.73 Å². The van der Waals surface area contributed by atoms with E-state index < -0.39 is 0 Å². The summed E-state index contributed by atoms with van der Waals surface area (Å²) in [5.74, 6) is 0.0884. The van der Waals surface area contributed by atoms with E-state index in [2.05, 4.69) is 34.2 Å². The Morgan fingerprint density at radius 1 is 0.767 bits per heavy atom. The second-order valence-electron chi connectivity index (χ2n) is 7.20. The lowest BCUT2D eigenvalue weighted by atomic mass is 10.0. The number of hydrogen-bond donors (Lipinski definition) is 1. The van der Waals surface area contributed by atoms with Gasteiger partial charge in [-0.05, 0) is 35.4 Å². The molecule has 0 unspecified atom stereocenters. The molecular formula is C25H19FN4. The van der Waals surface area contributed by atoms with E-state index in [1.807, 2.05) is 47.3 Å². The van der Waals surface area contributed by atoms with Crippen LogP contribution in [0.5, 0.6) is 0 Å². The molecule has 0 amide bonds. The molecule has 5 heteroatoms. The lowest BCUT2D eigenvalue weighted by molar-refractivity contribution is 0.630. The number of hydrogen-bond acceptors (Lipinski definition) is 3. The average molecular weight is 394 g/mol. The van der Waals surface area contributed by atoms with Gasteiger partial charge in [-0.1, -0.05) is 54.6 Å². The molecule has 4 nitrogen and oxygen atoms in total. The van der Waals surface area contributed by atoms with Crippen molar-refractivity contribution >= 4 is 5.69 Å². The first-order chi connectivity index (χ1) is 14.7. The average Bonchev–Trinajstić information content (AvgIpc) is 3.18. The van der Waals surface area contributed by atoms with Gasteiger partial charge in [-0.2, -0.15) is 0 Å². The van der Waals surface area contributed by atoms with Crippen LogP contribution in [0, 0.1) is 5.82 Å². The number of nitrogen functional groups attached to an aromatic ring is 1. The smallest absolute Gasteiger partial charge is 0.163 e. The van der Waals surface area contributed by atoms with Gasteiger partial charge < -0.3 is 10.3 Å². The summed E-state index contributed by atoms with van der Waals surface area (Å²) >= 11 is 0. The number of fused-ring (bicyclic) bond motifs is 1. The third kappa shape index (κ3) is 3.42. The van der Waals surface area contributed by atoms with Crippen molar-refractivity contribution in [1.82, 2.24) is 14.5 Å².